The Labute approximate surface area is 625 Å². The van der Waals surface area contributed by atoms with E-state index in [1.54, 1.807) is 43.2 Å². The van der Waals surface area contributed by atoms with Crippen LogP contribution in [0.1, 0.15) is 101 Å². The highest BCUT2D eigenvalue weighted by molar-refractivity contribution is 7.86. The van der Waals surface area contributed by atoms with Gasteiger partial charge in [0.05, 0.1) is 11.0 Å². The Morgan fingerprint density at radius 3 is 1.08 bits per heavy atom. The Kier molecular flexibility index (Phi) is 22.7. The largest absolute Gasteiger partial charge is 1.20 e. The van der Waals surface area contributed by atoms with E-state index < -0.39 is 50.5 Å². The van der Waals surface area contributed by atoms with E-state index in [1.807, 2.05) is 66.7 Å². The summed E-state index contributed by atoms with van der Waals surface area (Å²) in [6.45, 7) is 3.28. The third-order valence-corrected chi connectivity index (χ3v) is 25.2. The maximum Gasteiger partial charge on any atom is 1.20 e. The van der Waals surface area contributed by atoms with Gasteiger partial charge in [0, 0.05) is 84.2 Å². The fraction of sp³-hybridized carbons (Fsp3) is 0.300. The molecule has 26 heteroatoms. The van der Waals surface area contributed by atoms with Crippen LogP contribution < -0.4 is 33.4 Å². The number of benzene rings is 6. The molecule has 16 rings (SSSR count). The van der Waals surface area contributed by atoms with Gasteiger partial charge in [-0.2, -0.15) is 16.8 Å². The Balaban J connectivity index is 0.000000172. The Hall–Kier alpha value is -9.28. The lowest BCUT2D eigenvalue weighted by Gasteiger charge is -2.20. The minimum Gasteiger partial charge on any atom is -0.576 e. The summed E-state index contributed by atoms with van der Waals surface area (Å²) < 4.78 is 108. The smallest absolute Gasteiger partial charge is 0.576 e. The van der Waals surface area contributed by atoms with Crippen molar-refractivity contribution in [2.24, 2.45) is 35.5 Å². The third kappa shape index (κ3) is 17.1. The number of fused-ring (bicyclic) bond motifs is 10. The fourth-order valence-corrected chi connectivity index (χ4v) is 19.6. The molecule has 6 aromatic carbocycles. The predicted octanol–water partition coefficient (Wildman–Crippen LogP) is 15.5. The van der Waals surface area contributed by atoms with Gasteiger partial charge in [0.15, 0.2) is 0 Å². The first-order chi connectivity index (χ1) is 51.8. The molecule has 0 aliphatic heterocycles. The van der Waals surface area contributed by atoms with Gasteiger partial charge in [-0.1, -0.05) is 99.2 Å². The molecule has 6 unspecified atom stereocenters. The summed E-state index contributed by atoms with van der Waals surface area (Å²) in [6, 6.07) is 38.1. The van der Waals surface area contributed by atoms with Crippen molar-refractivity contribution < 1.29 is 48.7 Å². The van der Waals surface area contributed by atoms with Crippen molar-refractivity contribution in [3.63, 3.8) is 0 Å². The van der Waals surface area contributed by atoms with E-state index in [9.17, 15) is 25.9 Å². The first-order valence-electron chi connectivity index (χ1n) is 36.4. The lowest BCUT2D eigenvalue weighted by atomic mass is 9.88. The van der Waals surface area contributed by atoms with Gasteiger partial charge in [0.2, 0.25) is 0 Å². The molecule has 0 radical (unpaired) electrons. The van der Waals surface area contributed by atoms with Crippen molar-refractivity contribution in [1.29, 1.82) is 0 Å². The summed E-state index contributed by atoms with van der Waals surface area (Å²) >= 11 is -6.48. The van der Waals surface area contributed by atoms with Gasteiger partial charge in [0.1, 0.15) is 77.4 Å². The van der Waals surface area contributed by atoms with Crippen LogP contribution in [0.2, 0.25) is 0 Å². The molecule has 4 aliphatic carbocycles. The Morgan fingerprint density at radius 2 is 0.698 bits per heavy atom. The van der Waals surface area contributed by atoms with Crippen molar-refractivity contribution in [2.45, 2.75) is 113 Å². The van der Waals surface area contributed by atoms with Crippen LogP contribution in [0, 0.1) is 35.5 Å². The molecule has 106 heavy (non-hydrogen) atoms. The maximum absolute atomic E-state index is 12.2. The van der Waals surface area contributed by atoms with Gasteiger partial charge in [-0.3, -0.25) is 39.0 Å². The highest BCUT2D eigenvalue weighted by Crippen LogP contribution is 2.47. The van der Waals surface area contributed by atoms with E-state index >= 15 is 0 Å². The van der Waals surface area contributed by atoms with Crippen molar-refractivity contribution in [3.8, 4) is 34.5 Å². The number of hydrogen-bond donors (Lipinski definition) is 4. The van der Waals surface area contributed by atoms with Gasteiger partial charge in [0.25, 0.3) is 20.2 Å². The van der Waals surface area contributed by atoms with E-state index in [1.165, 1.54) is 150 Å². The van der Waals surface area contributed by atoms with Crippen LogP contribution in [0.25, 0.3) is 65.7 Å². The zero-order valence-corrected chi connectivity index (χ0v) is 62.3. The zero-order chi connectivity index (χ0) is 72.4. The summed E-state index contributed by atoms with van der Waals surface area (Å²) in [7, 11) is -9.20. The first-order valence-corrected chi connectivity index (χ1v) is 42.1. The van der Waals surface area contributed by atoms with Gasteiger partial charge in [-0.25, -0.2) is 9.97 Å². The normalized spacial score (nSPS) is 17.9. The Bertz CT molecular complexity index is 5250. The minimum absolute atomic E-state index is 0.113. The number of pyridine rings is 4. The molecule has 6 atom stereocenters. The molecule has 4 bridgehead atoms. The molecular formula is C80H80Al2N10O12S2. The molecule has 6 heterocycles. The summed E-state index contributed by atoms with van der Waals surface area (Å²) in [5, 5.41) is 9.38. The van der Waals surface area contributed by atoms with Crippen LogP contribution in [0.3, 0.4) is 0 Å². The average molecular weight is 1490 g/mol. The number of aromatic nitrogens is 8. The third-order valence-electron chi connectivity index (χ3n) is 20.7. The van der Waals surface area contributed by atoms with Crippen molar-refractivity contribution in [2.75, 3.05) is 13.1 Å². The summed E-state index contributed by atoms with van der Waals surface area (Å²) in [6.07, 6.45) is 41.1. The van der Waals surface area contributed by atoms with Gasteiger partial charge in [-0.05, 0) is 208 Å². The maximum atomic E-state index is 12.2. The average Bonchev–Trinajstić information content (AvgIpc) is 1.33. The predicted molar refractivity (Wildman–Crippen MR) is 408 cm³/mol. The fourth-order valence-electron chi connectivity index (χ4n) is 15.6. The topological polar surface area (TPSA) is 291 Å². The Morgan fingerprint density at radius 1 is 0.349 bits per heavy atom. The molecule has 4 aliphatic rings. The van der Waals surface area contributed by atoms with Gasteiger partial charge in [-0.15, -0.1) is 0 Å². The van der Waals surface area contributed by atoms with Crippen LogP contribution >= 0.6 is 0 Å². The molecule has 2 saturated carbocycles. The van der Waals surface area contributed by atoms with Crippen molar-refractivity contribution in [1.82, 2.24) is 50.5 Å². The number of hydrogen-bond acceptors (Lipinski definition) is 20. The second-order valence-corrected chi connectivity index (χ2v) is 33.0. The number of rotatable bonds is 32. The number of nitrogens with one attached hydrogen (secondary N) is 2. The van der Waals surface area contributed by atoms with Crippen LogP contribution in [-0.2, 0) is 33.3 Å². The molecule has 0 amide bonds. The van der Waals surface area contributed by atoms with E-state index in [0.29, 0.717) is 46.1 Å². The number of unbranched alkanes of at least 4 members (excludes halogenated alkanes) is 6. The minimum atomic E-state index is -4.60. The monoisotopic (exact) mass is 1490 g/mol. The molecule has 4 N–H and O–H groups in total. The lowest BCUT2D eigenvalue weighted by Crippen LogP contribution is -2.37. The summed E-state index contributed by atoms with van der Waals surface area (Å²) in [4.78, 5) is 35.3. The second-order valence-electron chi connectivity index (χ2n) is 27.6. The molecule has 6 aromatic heterocycles. The first kappa shape index (κ1) is 72.3. The highest BCUT2D eigenvalue weighted by atomic mass is 32.2. The van der Waals surface area contributed by atoms with E-state index in [0.717, 1.165) is 94.4 Å². The van der Waals surface area contributed by atoms with Crippen LogP contribution in [0.4, 0.5) is 0 Å². The molecule has 0 saturated heterocycles. The van der Waals surface area contributed by atoms with Crippen LogP contribution in [0.15, 0.2) is 217 Å². The van der Waals surface area contributed by atoms with E-state index in [2.05, 4.69) is 82.0 Å². The summed E-state index contributed by atoms with van der Waals surface area (Å²) in [5.74, 6) is 7.49. The van der Waals surface area contributed by atoms with Crippen molar-refractivity contribution >= 4 is 116 Å². The van der Waals surface area contributed by atoms with Crippen molar-refractivity contribution in [3.05, 3.63) is 218 Å². The van der Waals surface area contributed by atoms with Gasteiger partial charge >= 0.3 is 30.3 Å². The quantitative estimate of drug-likeness (QED) is 0.0132. The SMILES string of the molecule is C1=CC2CC1CC2CCCCCCNCc1ccc([O][Al]([O]c2cccc3nccnc23)[O]c2cccc3nccnc23)c2ncccc12.O=S(=O)(O)c1ccc([O][Al]([O]c2ccc(CNCCCCCCC3CC4C=CC3C4)c3cccnc23)[O]c2ccc(S(=O)(=O)O)c3cccnc23)c2ncccc12. The standard InChI is InChI=1S/2C23H30N2O.2C9H7NO4S.2C8H6N2O.2Al/c2*26-22-11-10-20(21-7-5-13-25-23(21)22)16-24-12-4-2-1-3-6-18-14-17-8-9-19(18)15-17;2*11-7-3-4-8(15(12,13)14)6-2-1-5-10-9(6)7;2*11-7-3-1-2-6-8(7)10-5-4-9-6;;/h2*5,7-11,13,17-19,24,26H,1-4,6,12,14-16H2;2*1-5,11H,(H,12,13,14);2*1-5,11H;;/q;;;;;;2*+3/p-6. The second kappa shape index (κ2) is 33.2. The number of para-hydroxylation sites is 2. The lowest BCUT2D eigenvalue weighted by molar-refractivity contribution is 0.310. The van der Waals surface area contributed by atoms with Crippen LogP contribution in [0.5, 0.6) is 34.5 Å². The molecule has 22 nitrogen and oxygen atoms in total. The van der Waals surface area contributed by atoms with Crippen LogP contribution in [-0.4, -0.2) is 109 Å². The summed E-state index contributed by atoms with van der Waals surface area (Å²) in [5.41, 5.74) is 6.50. The highest BCUT2D eigenvalue weighted by Gasteiger charge is 2.48. The molecule has 2 fully saturated rings. The van der Waals surface area contributed by atoms with E-state index in [4.69, 9.17) is 27.7 Å². The number of allylic oxidation sites excluding steroid dienone is 4. The molecular weight excluding hydrogens is 1410 g/mol. The van der Waals surface area contributed by atoms with Gasteiger partial charge < -0.3 is 33.4 Å². The molecule has 12 aromatic rings. The van der Waals surface area contributed by atoms with E-state index in [-0.39, 0.29) is 43.1 Å². The molecule has 0 spiro atoms. The molecule has 540 valence electrons. The zero-order valence-electron chi connectivity index (χ0n) is 58.3. The number of nitrogens with zero attached hydrogens (tertiary/aromatic N) is 8.